The fourth-order valence-corrected chi connectivity index (χ4v) is 4.42. The van der Waals surface area contributed by atoms with Gasteiger partial charge in [0.1, 0.15) is 34.8 Å². The molecule has 2 aromatic heterocycles. The summed E-state index contributed by atoms with van der Waals surface area (Å²) in [5.74, 6) is -1.58. The first-order valence-corrected chi connectivity index (χ1v) is 10.5. The van der Waals surface area contributed by atoms with Crippen LogP contribution < -0.4 is 5.73 Å². The molecule has 2 aromatic carbocycles. The summed E-state index contributed by atoms with van der Waals surface area (Å²) in [6, 6.07) is 13.4. The smallest absolute Gasteiger partial charge is 0.383 e. The summed E-state index contributed by atoms with van der Waals surface area (Å²) >= 11 is 0. The average molecular weight is 491 g/mol. The molecule has 36 heavy (non-hydrogen) atoms. The van der Waals surface area contributed by atoms with Crippen molar-refractivity contribution in [2.75, 3.05) is 0 Å². The van der Waals surface area contributed by atoms with Crippen LogP contribution in [-0.4, -0.2) is 15.8 Å². The van der Waals surface area contributed by atoms with Crippen molar-refractivity contribution in [3.05, 3.63) is 118 Å². The fraction of sp³-hybridized carbons (Fsp3) is 0.0769. The topological polar surface area (TPSA) is 88.0 Å². The van der Waals surface area contributed by atoms with E-state index in [0.29, 0.717) is 0 Å². The fourth-order valence-electron chi connectivity index (χ4n) is 4.42. The second-order valence-corrected chi connectivity index (χ2v) is 8.07. The Labute approximate surface area is 201 Å². The number of alkyl halides is 3. The Kier molecular flexibility index (Phi) is 5.29. The van der Waals surface area contributed by atoms with Crippen molar-refractivity contribution in [2.24, 2.45) is 10.7 Å². The van der Waals surface area contributed by atoms with Crippen LogP contribution in [0.25, 0.3) is 11.1 Å². The number of hydrogen-bond acceptors (Lipinski definition) is 5. The number of pyridine rings is 2. The zero-order chi connectivity index (χ0) is 25.7. The first-order valence-electron chi connectivity index (χ1n) is 10.5. The van der Waals surface area contributed by atoms with Crippen LogP contribution in [0.1, 0.15) is 33.5 Å². The predicted octanol–water partition coefficient (Wildman–Crippen LogP) is 5.32. The lowest BCUT2D eigenvalue weighted by Crippen LogP contribution is -2.26. The molecule has 1 unspecified atom stereocenters. The standard InChI is InChI=1S/C26H14F5N5/c27-20-5-4-16(9-18(20)15-8-14(11-32)12-34-13-15)25(17-6-7-35-22(10-17)26(29,30)31)19-2-1-3-21(28)23(19)24(33)36-25/h1-10,12-13H,(H2,33,36). The number of hydrogen-bond donors (Lipinski definition) is 1. The number of aliphatic imine (C=N–C) groups is 1. The molecule has 0 saturated carbocycles. The van der Waals surface area contributed by atoms with E-state index in [0.717, 1.165) is 18.3 Å². The van der Waals surface area contributed by atoms with Crippen LogP contribution in [-0.2, 0) is 11.7 Å². The average Bonchev–Trinajstić information content (AvgIpc) is 3.18. The SMILES string of the molecule is N#Cc1cncc(-c2cc(C3(c4ccnc(C(F)(F)F)c4)N=C(N)c4c(F)cccc43)ccc2F)c1. The molecule has 10 heteroatoms. The highest BCUT2D eigenvalue weighted by Gasteiger charge is 2.45. The van der Waals surface area contributed by atoms with Crippen LogP contribution in [0.3, 0.4) is 0 Å². The van der Waals surface area contributed by atoms with Gasteiger partial charge in [0.25, 0.3) is 0 Å². The summed E-state index contributed by atoms with van der Waals surface area (Å²) in [5, 5.41) is 9.20. The van der Waals surface area contributed by atoms with Gasteiger partial charge in [-0.15, -0.1) is 0 Å². The minimum absolute atomic E-state index is 0.0126. The number of aromatic nitrogens is 2. The third-order valence-electron chi connectivity index (χ3n) is 5.98. The Morgan fingerprint density at radius 3 is 2.44 bits per heavy atom. The molecule has 1 aliphatic rings. The molecule has 1 aliphatic heterocycles. The number of rotatable bonds is 3. The van der Waals surface area contributed by atoms with Crippen molar-refractivity contribution < 1.29 is 22.0 Å². The van der Waals surface area contributed by atoms with Gasteiger partial charge in [0.2, 0.25) is 0 Å². The van der Waals surface area contributed by atoms with Gasteiger partial charge in [-0.25, -0.2) is 13.8 Å². The quantitative estimate of drug-likeness (QED) is 0.393. The third-order valence-corrected chi connectivity index (χ3v) is 5.98. The normalized spacial score (nSPS) is 16.8. The lowest BCUT2D eigenvalue weighted by molar-refractivity contribution is -0.141. The Morgan fingerprint density at radius 1 is 0.917 bits per heavy atom. The van der Waals surface area contributed by atoms with Crippen molar-refractivity contribution in [1.82, 2.24) is 9.97 Å². The Bertz CT molecular complexity index is 1590. The number of nitrogens with two attached hydrogens (primary N) is 1. The van der Waals surface area contributed by atoms with Crippen LogP contribution in [0.2, 0.25) is 0 Å². The molecule has 0 aliphatic carbocycles. The molecule has 178 valence electrons. The zero-order valence-electron chi connectivity index (χ0n) is 18.2. The summed E-state index contributed by atoms with van der Waals surface area (Å²) in [6.07, 6.45) is -1.12. The number of nitriles is 1. The zero-order valence-corrected chi connectivity index (χ0v) is 18.2. The second-order valence-electron chi connectivity index (χ2n) is 8.07. The lowest BCUT2D eigenvalue weighted by Gasteiger charge is -2.30. The van der Waals surface area contributed by atoms with E-state index in [1.165, 1.54) is 54.9 Å². The van der Waals surface area contributed by atoms with Crippen molar-refractivity contribution in [3.63, 3.8) is 0 Å². The maximum atomic E-state index is 15.0. The van der Waals surface area contributed by atoms with Gasteiger partial charge in [-0.3, -0.25) is 9.97 Å². The number of amidine groups is 1. The summed E-state index contributed by atoms with van der Waals surface area (Å²) < 4.78 is 70.5. The molecule has 0 spiro atoms. The minimum Gasteiger partial charge on any atom is -0.383 e. The molecular weight excluding hydrogens is 477 g/mol. The van der Waals surface area contributed by atoms with Gasteiger partial charge in [0, 0.05) is 35.3 Å². The third kappa shape index (κ3) is 3.56. The maximum absolute atomic E-state index is 15.0. The molecule has 4 aromatic rings. The molecule has 0 saturated heterocycles. The van der Waals surface area contributed by atoms with Crippen LogP contribution in [0.5, 0.6) is 0 Å². The van der Waals surface area contributed by atoms with Gasteiger partial charge in [-0.05, 0) is 47.5 Å². The van der Waals surface area contributed by atoms with E-state index in [-0.39, 0.29) is 44.8 Å². The van der Waals surface area contributed by atoms with Crippen molar-refractivity contribution in [2.45, 2.75) is 11.7 Å². The minimum atomic E-state index is -4.76. The lowest BCUT2D eigenvalue weighted by atomic mass is 9.77. The molecule has 0 fully saturated rings. The van der Waals surface area contributed by atoms with Crippen molar-refractivity contribution in [3.8, 4) is 17.2 Å². The monoisotopic (exact) mass is 491 g/mol. The summed E-state index contributed by atoms with van der Waals surface area (Å²) in [5.41, 5.74) is 4.05. The highest BCUT2D eigenvalue weighted by Crippen LogP contribution is 2.48. The molecule has 0 amide bonds. The molecule has 2 N–H and O–H groups in total. The van der Waals surface area contributed by atoms with Gasteiger partial charge in [0.05, 0.1) is 11.1 Å². The van der Waals surface area contributed by atoms with Crippen LogP contribution in [0, 0.1) is 23.0 Å². The van der Waals surface area contributed by atoms with E-state index in [4.69, 9.17) is 5.73 Å². The molecule has 5 nitrogen and oxygen atoms in total. The number of fused-ring (bicyclic) bond motifs is 1. The predicted molar refractivity (Wildman–Crippen MR) is 121 cm³/mol. The van der Waals surface area contributed by atoms with E-state index < -0.39 is 29.0 Å². The largest absolute Gasteiger partial charge is 0.433 e. The number of benzene rings is 2. The van der Waals surface area contributed by atoms with Gasteiger partial charge < -0.3 is 5.73 Å². The highest BCUT2D eigenvalue weighted by atomic mass is 19.4. The van der Waals surface area contributed by atoms with Crippen molar-refractivity contribution >= 4 is 5.84 Å². The summed E-state index contributed by atoms with van der Waals surface area (Å²) in [6.45, 7) is 0. The second kappa shape index (κ2) is 8.23. The molecule has 3 heterocycles. The van der Waals surface area contributed by atoms with E-state index in [1.54, 1.807) is 0 Å². The molecule has 0 radical (unpaired) electrons. The Balaban J connectivity index is 1.83. The highest BCUT2D eigenvalue weighted by molar-refractivity contribution is 6.03. The summed E-state index contributed by atoms with van der Waals surface area (Å²) in [7, 11) is 0. The first-order chi connectivity index (χ1) is 17.1. The van der Waals surface area contributed by atoms with Crippen LogP contribution in [0.15, 0.2) is 78.2 Å². The molecular formula is C26H14F5N5. The van der Waals surface area contributed by atoms with Gasteiger partial charge in [0.15, 0.2) is 0 Å². The Morgan fingerprint density at radius 2 is 1.69 bits per heavy atom. The van der Waals surface area contributed by atoms with Crippen molar-refractivity contribution in [1.29, 1.82) is 5.26 Å². The Hall–Kier alpha value is -4.65. The van der Waals surface area contributed by atoms with E-state index in [2.05, 4.69) is 15.0 Å². The van der Waals surface area contributed by atoms with E-state index in [1.807, 2.05) is 6.07 Å². The van der Waals surface area contributed by atoms with Crippen LogP contribution in [0.4, 0.5) is 22.0 Å². The van der Waals surface area contributed by atoms with Gasteiger partial charge >= 0.3 is 6.18 Å². The van der Waals surface area contributed by atoms with E-state index in [9.17, 15) is 27.2 Å². The number of nitrogens with zero attached hydrogens (tertiary/aromatic N) is 4. The maximum Gasteiger partial charge on any atom is 0.433 e. The van der Waals surface area contributed by atoms with Gasteiger partial charge in [-0.2, -0.15) is 18.4 Å². The first kappa shape index (κ1) is 23.1. The van der Waals surface area contributed by atoms with E-state index >= 15 is 0 Å². The number of halogens is 5. The van der Waals surface area contributed by atoms with Crippen LogP contribution >= 0.6 is 0 Å². The molecule has 0 bridgehead atoms. The molecule has 5 rings (SSSR count). The van der Waals surface area contributed by atoms with Gasteiger partial charge in [-0.1, -0.05) is 18.2 Å². The molecule has 1 atom stereocenters. The summed E-state index contributed by atoms with van der Waals surface area (Å²) in [4.78, 5) is 11.9.